The maximum absolute atomic E-state index is 12.8. The number of carbonyl (C=O) groups is 2. The first-order valence-corrected chi connectivity index (χ1v) is 12.0. The van der Waals surface area contributed by atoms with Gasteiger partial charge in [0, 0.05) is 0 Å². The van der Waals surface area contributed by atoms with Crippen LogP contribution in [0.5, 0.6) is 0 Å². The monoisotopic (exact) mass is 421 g/mol. The third-order valence-electron chi connectivity index (χ3n) is 7.23. The lowest BCUT2D eigenvalue weighted by Gasteiger charge is -2.41. The van der Waals surface area contributed by atoms with E-state index < -0.39 is 11.9 Å². The molecule has 3 rings (SSSR count). The number of rotatable bonds is 7. The fraction of sp³-hybridized carbons (Fsp3) is 0.875. The molecule has 0 bridgehead atoms. The number of ether oxygens (including phenoxy) is 2. The standard InChI is InChI=1S/C24H39NO5/c1-5-28-24(27)22(25-30-17-9-7-6-8-10-17)20-14-21(26)29-23(20)19-13-16(4)11-12-18(19)15(2)3/h15-20,23H,5-14H2,1-4H3/b25-22-/t16?,18?,19?,20-,23-/m0/s1. The fourth-order valence-electron chi connectivity index (χ4n) is 5.63. The van der Waals surface area contributed by atoms with E-state index in [9.17, 15) is 9.59 Å². The van der Waals surface area contributed by atoms with Crippen molar-refractivity contribution in [2.45, 2.75) is 97.7 Å². The second kappa shape index (κ2) is 10.6. The van der Waals surface area contributed by atoms with Crippen LogP contribution in [-0.2, 0) is 23.9 Å². The molecule has 3 unspecified atom stereocenters. The van der Waals surface area contributed by atoms with E-state index in [1.54, 1.807) is 6.92 Å². The lowest BCUT2D eigenvalue weighted by atomic mass is 9.66. The quantitative estimate of drug-likeness (QED) is 0.332. The van der Waals surface area contributed by atoms with Crippen molar-refractivity contribution >= 4 is 17.7 Å². The highest BCUT2D eigenvalue weighted by atomic mass is 16.6. The molecule has 0 amide bonds. The molecule has 3 fully saturated rings. The molecule has 6 nitrogen and oxygen atoms in total. The highest BCUT2D eigenvalue weighted by Crippen LogP contribution is 2.45. The summed E-state index contributed by atoms with van der Waals surface area (Å²) in [6.07, 6.45) is 8.61. The first-order chi connectivity index (χ1) is 14.4. The topological polar surface area (TPSA) is 74.2 Å². The van der Waals surface area contributed by atoms with Crippen LogP contribution in [0.15, 0.2) is 5.16 Å². The van der Waals surface area contributed by atoms with Crippen molar-refractivity contribution in [3.63, 3.8) is 0 Å². The van der Waals surface area contributed by atoms with E-state index in [1.807, 2.05) is 0 Å². The van der Waals surface area contributed by atoms with Crippen molar-refractivity contribution < 1.29 is 23.9 Å². The molecule has 1 heterocycles. The Morgan fingerprint density at radius 2 is 1.90 bits per heavy atom. The fourth-order valence-corrected chi connectivity index (χ4v) is 5.63. The average molecular weight is 422 g/mol. The van der Waals surface area contributed by atoms with Crippen molar-refractivity contribution in [1.82, 2.24) is 0 Å². The molecule has 0 spiro atoms. The minimum absolute atomic E-state index is 0.0396. The van der Waals surface area contributed by atoms with E-state index in [0.717, 1.165) is 38.5 Å². The Labute approximate surface area is 181 Å². The van der Waals surface area contributed by atoms with Gasteiger partial charge in [0.25, 0.3) is 0 Å². The van der Waals surface area contributed by atoms with Gasteiger partial charge in [0.1, 0.15) is 12.2 Å². The highest BCUT2D eigenvalue weighted by molar-refractivity contribution is 6.37. The van der Waals surface area contributed by atoms with Crippen LogP contribution in [0.3, 0.4) is 0 Å². The van der Waals surface area contributed by atoms with E-state index in [0.29, 0.717) is 17.8 Å². The van der Waals surface area contributed by atoms with Crippen molar-refractivity contribution in [2.24, 2.45) is 34.7 Å². The van der Waals surface area contributed by atoms with Crippen LogP contribution in [0, 0.1) is 29.6 Å². The molecule has 30 heavy (non-hydrogen) atoms. The van der Waals surface area contributed by atoms with Gasteiger partial charge in [0.05, 0.1) is 18.9 Å². The zero-order chi connectivity index (χ0) is 21.7. The number of hydrogen-bond donors (Lipinski definition) is 0. The lowest BCUT2D eigenvalue weighted by Crippen LogP contribution is -2.42. The van der Waals surface area contributed by atoms with Gasteiger partial charge in [-0.25, -0.2) is 4.79 Å². The lowest BCUT2D eigenvalue weighted by molar-refractivity contribution is -0.146. The van der Waals surface area contributed by atoms with Crippen LogP contribution in [0.2, 0.25) is 0 Å². The smallest absolute Gasteiger partial charge is 0.356 e. The van der Waals surface area contributed by atoms with E-state index in [1.165, 1.54) is 12.8 Å². The summed E-state index contributed by atoms with van der Waals surface area (Å²) in [4.78, 5) is 31.0. The Kier molecular flexibility index (Phi) is 8.18. The molecule has 170 valence electrons. The van der Waals surface area contributed by atoms with Gasteiger partial charge in [-0.05, 0) is 69.1 Å². The number of nitrogens with zero attached hydrogens (tertiary/aromatic N) is 1. The number of cyclic esters (lactones) is 1. The molecule has 0 aromatic heterocycles. The van der Waals surface area contributed by atoms with Gasteiger partial charge in [-0.2, -0.15) is 0 Å². The predicted octanol–water partition coefficient (Wildman–Crippen LogP) is 4.89. The molecular formula is C24H39NO5. The molecule has 1 saturated heterocycles. The van der Waals surface area contributed by atoms with E-state index >= 15 is 0 Å². The Morgan fingerprint density at radius 1 is 1.17 bits per heavy atom. The molecule has 2 saturated carbocycles. The van der Waals surface area contributed by atoms with Crippen molar-refractivity contribution in [1.29, 1.82) is 0 Å². The number of oxime groups is 1. The molecule has 3 aliphatic rings. The first kappa shape index (κ1) is 23.1. The SMILES string of the molecule is CCOC(=O)/C(=N\OC1CCCCC1)[C@@H]1CC(=O)O[C@H]1C1CC(C)CCC1C(C)C. The summed E-state index contributed by atoms with van der Waals surface area (Å²) < 4.78 is 11.2. The van der Waals surface area contributed by atoms with Gasteiger partial charge in [-0.3, -0.25) is 4.79 Å². The molecular weight excluding hydrogens is 382 g/mol. The summed E-state index contributed by atoms with van der Waals surface area (Å²) in [5, 5.41) is 4.33. The average Bonchev–Trinajstić information content (AvgIpc) is 3.10. The third-order valence-corrected chi connectivity index (χ3v) is 7.23. The third kappa shape index (κ3) is 5.55. The Morgan fingerprint density at radius 3 is 2.57 bits per heavy atom. The molecule has 0 radical (unpaired) electrons. The Bertz CT molecular complexity index is 625. The number of esters is 2. The van der Waals surface area contributed by atoms with Crippen LogP contribution < -0.4 is 0 Å². The minimum Gasteiger partial charge on any atom is -0.461 e. The van der Waals surface area contributed by atoms with Crippen molar-refractivity contribution in [2.75, 3.05) is 6.61 Å². The first-order valence-electron chi connectivity index (χ1n) is 12.0. The van der Waals surface area contributed by atoms with Gasteiger partial charge < -0.3 is 14.3 Å². The van der Waals surface area contributed by atoms with Crippen molar-refractivity contribution in [3.05, 3.63) is 0 Å². The molecule has 0 aromatic carbocycles. The van der Waals surface area contributed by atoms with Gasteiger partial charge in [0.15, 0.2) is 5.71 Å². The maximum Gasteiger partial charge on any atom is 0.356 e. The maximum atomic E-state index is 12.8. The van der Waals surface area contributed by atoms with Crippen LogP contribution in [0.4, 0.5) is 0 Å². The largest absolute Gasteiger partial charge is 0.461 e. The van der Waals surface area contributed by atoms with Gasteiger partial charge in [-0.1, -0.05) is 38.8 Å². The molecule has 1 aliphatic heterocycles. The van der Waals surface area contributed by atoms with E-state index in [-0.39, 0.29) is 42.8 Å². The predicted molar refractivity (Wildman–Crippen MR) is 115 cm³/mol. The van der Waals surface area contributed by atoms with Gasteiger partial charge in [0.2, 0.25) is 0 Å². The van der Waals surface area contributed by atoms with Crippen LogP contribution in [0.25, 0.3) is 0 Å². The second-order valence-corrected chi connectivity index (χ2v) is 9.82. The summed E-state index contributed by atoms with van der Waals surface area (Å²) >= 11 is 0. The molecule has 6 heteroatoms. The molecule has 2 aliphatic carbocycles. The van der Waals surface area contributed by atoms with Crippen LogP contribution >= 0.6 is 0 Å². The summed E-state index contributed by atoms with van der Waals surface area (Å²) in [6.45, 7) is 8.80. The van der Waals surface area contributed by atoms with Crippen LogP contribution in [0.1, 0.15) is 85.5 Å². The number of hydrogen-bond acceptors (Lipinski definition) is 6. The van der Waals surface area contributed by atoms with Gasteiger partial charge in [-0.15, -0.1) is 0 Å². The minimum atomic E-state index is -0.480. The second-order valence-electron chi connectivity index (χ2n) is 9.82. The Balaban J connectivity index is 1.85. The molecule has 0 N–H and O–H groups in total. The molecule has 5 atom stereocenters. The van der Waals surface area contributed by atoms with Crippen molar-refractivity contribution in [3.8, 4) is 0 Å². The Hall–Kier alpha value is -1.59. The van der Waals surface area contributed by atoms with Crippen LogP contribution in [-0.4, -0.2) is 36.5 Å². The normalized spacial score (nSPS) is 33.4. The van der Waals surface area contributed by atoms with E-state index in [2.05, 4.69) is 25.9 Å². The van der Waals surface area contributed by atoms with E-state index in [4.69, 9.17) is 14.3 Å². The highest BCUT2D eigenvalue weighted by Gasteiger charge is 2.49. The number of carbonyl (C=O) groups excluding carboxylic acids is 2. The summed E-state index contributed by atoms with van der Waals surface area (Å²) in [5.41, 5.74) is 0.235. The zero-order valence-corrected chi connectivity index (χ0v) is 19.1. The van der Waals surface area contributed by atoms with Gasteiger partial charge >= 0.3 is 11.9 Å². The zero-order valence-electron chi connectivity index (χ0n) is 19.1. The molecule has 0 aromatic rings. The summed E-state index contributed by atoms with van der Waals surface area (Å²) in [6, 6.07) is 0. The summed E-state index contributed by atoms with van der Waals surface area (Å²) in [7, 11) is 0. The summed E-state index contributed by atoms with van der Waals surface area (Å²) in [5.74, 6) is 0.681.